The van der Waals surface area contributed by atoms with Gasteiger partial charge >= 0.3 is 0 Å². The lowest BCUT2D eigenvalue weighted by Crippen LogP contribution is -2.43. The van der Waals surface area contributed by atoms with Gasteiger partial charge in [0.15, 0.2) is 0 Å². The number of hydrogen-bond donors (Lipinski definition) is 1. The molecular weight excluding hydrogens is 360 g/mol. The summed E-state index contributed by atoms with van der Waals surface area (Å²) in [6, 6.07) is 24.9. The van der Waals surface area contributed by atoms with Gasteiger partial charge in [-0.3, -0.25) is 4.79 Å². The molecule has 4 heteroatoms. The normalized spacial score (nSPS) is 18.1. The molecule has 0 spiro atoms. The molecule has 3 aromatic rings. The molecule has 0 saturated carbocycles. The maximum absolute atomic E-state index is 12.4. The van der Waals surface area contributed by atoms with E-state index in [0.29, 0.717) is 0 Å². The lowest BCUT2D eigenvalue weighted by Gasteiger charge is -2.39. The Balaban J connectivity index is 1.76. The smallest absolute Gasteiger partial charge is 0.224 e. The second-order valence-electron chi connectivity index (χ2n) is 7.54. The molecule has 1 aliphatic rings. The van der Waals surface area contributed by atoms with E-state index in [1.807, 2.05) is 35.2 Å². The first-order valence-corrected chi connectivity index (χ1v) is 9.96. The molecule has 0 bridgehead atoms. The number of hydrogen-bond acceptors (Lipinski definition) is 3. The number of nitrogens with one attached hydrogen (secondary N) is 1. The third-order valence-electron chi connectivity index (χ3n) is 5.56. The van der Waals surface area contributed by atoms with Gasteiger partial charge in [0.1, 0.15) is 5.75 Å². The molecule has 1 aliphatic heterocycles. The first-order chi connectivity index (χ1) is 14.1. The third kappa shape index (κ3) is 3.83. The van der Waals surface area contributed by atoms with Crippen LogP contribution >= 0.6 is 0 Å². The van der Waals surface area contributed by atoms with Crippen LogP contribution in [-0.4, -0.2) is 19.1 Å². The number of para-hydroxylation sites is 1. The van der Waals surface area contributed by atoms with Crippen molar-refractivity contribution in [3.05, 3.63) is 78.4 Å². The number of methoxy groups -OCH3 is 1. The van der Waals surface area contributed by atoms with Crippen LogP contribution in [0, 0.1) is 0 Å². The standard InChI is InChI=1S/C25H26N2O2/c1-17-15-24(26-21-7-5-4-6-8-21)23-16-20(11-14-25(23)27(17)18(2)28)19-9-12-22(29-3)13-10-19/h4-14,16-17,24,26H,15H2,1-3H3/t17-,24+/m1/s1. The quantitative estimate of drug-likeness (QED) is 0.629. The average molecular weight is 386 g/mol. The van der Waals surface area contributed by atoms with Crippen molar-refractivity contribution in [3.8, 4) is 16.9 Å². The van der Waals surface area contributed by atoms with E-state index in [1.165, 1.54) is 0 Å². The number of carbonyl (C=O) groups excluding carboxylic acids is 1. The Morgan fingerprint density at radius 3 is 2.34 bits per heavy atom. The van der Waals surface area contributed by atoms with Gasteiger partial charge in [0.2, 0.25) is 5.91 Å². The third-order valence-corrected chi connectivity index (χ3v) is 5.56. The molecule has 4 nitrogen and oxygen atoms in total. The van der Waals surface area contributed by atoms with E-state index in [2.05, 4.69) is 54.7 Å². The molecule has 0 aliphatic carbocycles. The number of fused-ring (bicyclic) bond motifs is 1. The Morgan fingerprint density at radius 2 is 1.69 bits per heavy atom. The highest BCUT2D eigenvalue weighted by Crippen LogP contribution is 2.41. The lowest BCUT2D eigenvalue weighted by atomic mass is 9.89. The maximum atomic E-state index is 12.4. The molecule has 1 N–H and O–H groups in total. The van der Waals surface area contributed by atoms with Gasteiger partial charge < -0.3 is 15.0 Å². The number of carbonyl (C=O) groups is 1. The van der Waals surface area contributed by atoms with Crippen LogP contribution in [0.25, 0.3) is 11.1 Å². The van der Waals surface area contributed by atoms with E-state index in [4.69, 9.17) is 4.74 Å². The molecule has 0 unspecified atom stereocenters. The van der Waals surface area contributed by atoms with Gasteiger partial charge in [-0.1, -0.05) is 36.4 Å². The second-order valence-corrected chi connectivity index (χ2v) is 7.54. The van der Waals surface area contributed by atoms with Crippen LogP contribution < -0.4 is 15.0 Å². The molecular formula is C25H26N2O2. The summed E-state index contributed by atoms with van der Waals surface area (Å²) < 4.78 is 5.28. The Labute approximate surface area is 172 Å². The zero-order valence-electron chi connectivity index (χ0n) is 17.1. The average Bonchev–Trinajstić information content (AvgIpc) is 2.74. The van der Waals surface area contributed by atoms with E-state index in [-0.39, 0.29) is 18.0 Å². The van der Waals surface area contributed by atoms with Crippen LogP contribution in [0.5, 0.6) is 5.75 Å². The fraction of sp³-hybridized carbons (Fsp3) is 0.240. The molecule has 2 atom stereocenters. The summed E-state index contributed by atoms with van der Waals surface area (Å²) in [6.45, 7) is 3.75. The van der Waals surface area contributed by atoms with E-state index in [9.17, 15) is 4.79 Å². The van der Waals surface area contributed by atoms with Crippen molar-refractivity contribution in [3.63, 3.8) is 0 Å². The van der Waals surface area contributed by atoms with Crippen LogP contribution in [0.2, 0.25) is 0 Å². The summed E-state index contributed by atoms with van der Waals surface area (Å²) in [5.74, 6) is 0.918. The SMILES string of the molecule is COc1ccc(-c2ccc3c(c2)[C@@H](Nc2ccccc2)C[C@@H](C)N3C(C)=O)cc1. The van der Waals surface area contributed by atoms with Crippen LogP contribution in [0.1, 0.15) is 31.9 Å². The maximum Gasteiger partial charge on any atom is 0.224 e. The van der Waals surface area contributed by atoms with Crippen molar-refractivity contribution in [1.29, 1.82) is 0 Å². The van der Waals surface area contributed by atoms with Crippen molar-refractivity contribution in [1.82, 2.24) is 0 Å². The minimum Gasteiger partial charge on any atom is -0.497 e. The fourth-order valence-electron chi connectivity index (χ4n) is 4.18. The highest BCUT2D eigenvalue weighted by molar-refractivity contribution is 5.94. The first-order valence-electron chi connectivity index (χ1n) is 9.96. The molecule has 148 valence electrons. The number of nitrogens with zero attached hydrogens (tertiary/aromatic N) is 1. The van der Waals surface area contributed by atoms with Gasteiger partial charge in [0.25, 0.3) is 0 Å². The molecule has 29 heavy (non-hydrogen) atoms. The second kappa shape index (κ2) is 8.00. The summed E-state index contributed by atoms with van der Waals surface area (Å²) in [6.07, 6.45) is 0.855. The van der Waals surface area contributed by atoms with E-state index in [0.717, 1.165) is 40.2 Å². The Kier molecular flexibility index (Phi) is 5.26. The number of rotatable bonds is 4. The summed E-state index contributed by atoms with van der Waals surface area (Å²) in [7, 11) is 1.67. The van der Waals surface area contributed by atoms with Gasteiger partial charge in [-0.15, -0.1) is 0 Å². The molecule has 4 rings (SSSR count). The summed E-state index contributed by atoms with van der Waals surface area (Å²) in [4.78, 5) is 14.3. The molecule has 1 heterocycles. The van der Waals surface area contributed by atoms with Gasteiger partial charge in [0, 0.05) is 24.3 Å². The molecule has 0 saturated heterocycles. The van der Waals surface area contributed by atoms with Crippen LogP contribution in [0.4, 0.5) is 11.4 Å². The van der Waals surface area contributed by atoms with Crippen molar-refractivity contribution >= 4 is 17.3 Å². The van der Waals surface area contributed by atoms with Gasteiger partial charge in [-0.05, 0) is 66.4 Å². The van der Waals surface area contributed by atoms with Crippen LogP contribution in [0.3, 0.4) is 0 Å². The van der Waals surface area contributed by atoms with Crippen molar-refractivity contribution < 1.29 is 9.53 Å². The highest BCUT2D eigenvalue weighted by Gasteiger charge is 2.32. The topological polar surface area (TPSA) is 41.6 Å². The highest BCUT2D eigenvalue weighted by atomic mass is 16.5. The summed E-state index contributed by atoms with van der Waals surface area (Å²) >= 11 is 0. The first kappa shape index (κ1) is 19.1. The molecule has 3 aromatic carbocycles. The van der Waals surface area contributed by atoms with Crippen LogP contribution in [-0.2, 0) is 4.79 Å². The Hall–Kier alpha value is -3.27. The largest absolute Gasteiger partial charge is 0.497 e. The van der Waals surface area contributed by atoms with Gasteiger partial charge in [0.05, 0.1) is 13.2 Å². The van der Waals surface area contributed by atoms with Crippen molar-refractivity contribution in [2.75, 3.05) is 17.3 Å². The van der Waals surface area contributed by atoms with Gasteiger partial charge in [-0.2, -0.15) is 0 Å². The fourth-order valence-corrected chi connectivity index (χ4v) is 4.18. The zero-order valence-corrected chi connectivity index (χ0v) is 17.1. The van der Waals surface area contributed by atoms with Crippen LogP contribution in [0.15, 0.2) is 72.8 Å². The molecule has 0 aromatic heterocycles. The monoisotopic (exact) mass is 386 g/mol. The van der Waals surface area contributed by atoms with E-state index < -0.39 is 0 Å². The molecule has 0 fully saturated rings. The van der Waals surface area contributed by atoms with Crippen molar-refractivity contribution in [2.45, 2.75) is 32.4 Å². The minimum atomic E-state index is 0.0779. The summed E-state index contributed by atoms with van der Waals surface area (Å²) in [5.41, 5.74) is 5.48. The predicted molar refractivity (Wildman–Crippen MR) is 118 cm³/mol. The Bertz CT molecular complexity index is 999. The number of amides is 1. The van der Waals surface area contributed by atoms with Crippen molar-refractivity contribution in [2.24, 2.45) is 0 Å². The minimum absolute atomic E-state index is 0.0779. The Morgan fingerprint density at radius 1 is 1.00 bits per heavy atom. The number of ether oxygens (including phenoxy) is 1. The zero-order chi connectivity index (χ0) is 20.4. The summed E-state index contributed by atoms with van der Waals surface area (Å²) in [5, 5.41) is 3.67. The van der Waals surface area contributed by atoms with E-state index >= 15 is 0 Å². The number of anilines is 2. The molecule has 1 amide bonds. The lowest BCUT2D eigenvalue weighted by molar-refractivity contribution is -0.117. The van der Waals surface area contributed by atoms with E-state index in [1.54, 1.807) is 14.0 Å². The molecule has 0 radical (unpaired) electrons. The van der Waals surface area contributed by atoms with Gasteiger partial charge in [-0.25, -0.2) is 0 Å². The number of benzene rings is 3. The predicted octanol–water partition coefficient (Wildman–Crippen LogP) is 5.66.